The molecule has 2 nitrogen and oxygen atoms in total. The molecule has 0 unspecified atom stereocenters. The highest BCUT2D eigenvalue weighted by molar-refractivity contribution is 5.85. The van der Waals surface area contributed by atoms with Crippen molar-refractivity contribution in [3.05, 3.63) is 59.2 Å². The van der Waals surface area contributed by atoms with Crippen molar-refractivity contribution in [2.24, 2.45) is 0 Å². The summed E-state index contributed by atoms with van der Waals surface area (Å²) in [6.07, 6.45) is 2.72. The van der Waals surface area contributed by atoms with Gasteiger partial charge >= 0.3 is 0 Å². The van der Waals surface area contributed by atoms with Gasteiger partial charge in [0.1, 0.15) is 18.6 Å². The fourth-order valence-corrected chi connectivity index (χ4v) is 2.17. The van der Waals surface area contributed by atoms with Crippen molar-refractivity contribution in [3.8, 4) is 16.9 Å². The van der Waals surface area contributed by atoms with E-state index in [1.54, 1.807) is 0 Å². The summed E-state index contributed by atoms with van der Waals surface area (Å²) in [5, 5.41) is 0. The van der Waals surface area contributed by atoms with Gasteiger partial charge in [0.25, 0.3) is 0 Å². The quantitative estimate of drug-likeness (QED) is 0.761. The number of rotatable bonds is 2. The van der Waals surface area contributed by atoms with Crippen LogP contribution in [-0.2, 0) is 4.79 Å². The highest BCUT2D eigenvalue weighted by Crippen LogP contribution is 2.31. The molecule has 1 aliphatic rings. The first-order valence-corrected chi connectivity index (χ1v) is 6.26. The van der Waals surface area contributed by atoms with Gasteiger partial charge in [0.15, 0.2) is 0 Å². The lowest BCUT2D eigenvalue weighted by atomic mass is 10.0. The van der Waals surface area contributed by atoms with E-state index in [-0.39, 0.29) is 0 Å². The Morgan fingerprint density at radius 2 is 1.79 bits per heavy atom. The van der Waals surface area contributed by atoms with Crippen molar-refractivity contribution in [2.45, 2.75) is 6.92 Å². The fraction of sp³-hybridized carbons (Fsp3) is 0.118. The smallest absolute Gasteiger partial charge is 0.149 e. The van der Waals surface area contributed by atoms with Gasteiger partial charge in [-0.25, -0.2) is 0 Å². The number of fused-ring (bicyclic) bond motifs is 1. The summed E-state index contributed by atoms with van der Waals surface area (Å²) in [6, 6.07) is 14.5. The second-order valence-corrected chi connectivity index (χ2v) is 4.74. The van der Waals surface area contributed by atoms with Crippen molar-refractivity contribution in [3.63, 3.8) is 0 Å². The Balaban J connectivity index is 2.01. The Morgan fingerprint density at radius 1 is 1.05 bits per heavy atom. The van der Waals surface area contributed by atoms with Crippen LogP contribution >= 0.6 is 0 Å². The number of aldehydes is 1. The van der Waals surface area contributed by atoms with Gasteiger partial charge in [-0.2, -0.15) is 0 Å². The first-order valence-electron chi connectivity index (χ1n) is 6.26. The zero-order valence-electron chi connectivity index (χ0n) is 10.7. The van der Waals surface area contributed by atoms with Crippen LogP contribution in [0.25, 0.3) is 17.2 Å². The Labute approximate surface area is 112 Å². The monoisotopic (exact) mass is 250 g/mol. The molecule has 0 radical (unpaired) electrons. The highest BCUT2D eigenvalue weighted by Gasteiger charge is 2.11. The molecule has 2 aromatic carbocycles. The number of carbonyl (C=O) groups excluding carboxylic acids is 1. The fourth-order valence-electron chi connectivity index (χ4n) is 2.17. The molecule has 0 saturated heterocycles. The summed E-state index contributed by atoms with van der Waals surface area (Å²) < 4.78 is 5.61. The molecule has 0 aliphatic carbocycles. The molecule has 0 fully saturated rings. The summed E-state index contributed by atoms with van der Waals surface area (Å²) in [5.74, 6) is 0.837. The Kier molecular flexibility index (Phi) is 2.92. The molecule has 0 aromatic heterocycles. The van der Waals surface area contributed by atoms with Crippen LogP contribution in [0.2, 0.25) is 0 Å². The molecule has 19 heavy (non-hydrogen) atoms. The number of benzene rings is 2. The molecular weight excluding hydrogens is 236 g/mol. The SMILES string of the molecule is Cc1ccc(-c2ccc3c(c2)OCC(C=O)=C3)cc1. The minimum atomic E-state index is 0.355. The highest BCUT2D eigenvalue weighted by atomic mass is 16.5. The lowest BCUT2D eigenvalue weighted by Gasteiger charge is -2.16. The lowest BCUT2D eigenvalue weighted by molar-refractivity contribution is -0.105. The van der Waals surface area contributed by atoms with Crippen LogP contribution in [-0.4, -0.2) is 12.9 Å². The van der Waals surface area contributed by atoms with Gasteiger partial charge in [-0.15, -0.1) is 0 Å². The minimum absolute atomic E-state index is 0.355. The van der Waals surface area contributed by atoms with E-state index in [4.69, 9.17) is 4.74 Å². The topological polar surface area (TPSA) is 26.3 Å². The predicted octanol–water partition coefficient (Wildman–Crippen LogP) is 3.64. The zero-order valence-corrected chi connectivity index (χ0v) is 10.7. The van der Waals surface area contributed by atoms with Crippen LogP contribution in [0.15, 0.2) is 48.0 Å². The molecule has 0 bridgehead atoms. The van der Waals surface area contributed by atoms with E-state index in [9.17, 15) is 4.79 Å². The first-order chi connectivity index (χ1) is 9.26. The van der Waals surface area contributed by atoms with Gasteiger partial charge in [-0.3, -0.25) is 4.79 Å². The average molecular weight is 250 g/mol. The van der Waals surface area contributed by atoms with Gasteiger partial charge < -0.3 is 4.74 Å². The van der Waals surface area contributed by atoms with E-state index >= 15 is 0 Å². The normalized spacial score (nSPS) is 13.2. The third kappa shape index (κ3) is 2.29. The second kappa shape index (κ2) is 4.73. The third-order valence-corrected chi connectivity index (χ3v) is 3.29. The summed E-state index contributed by atoms with van der Waals surface area (Å²) in [6.45, 7) is 2.43. The van der Waals surface area contributed by atoms with Crippen LogP contribution in [0, 0.1) is 6.92 Å². The van der Waals surface area contributed by atoms with Crippen molar-refractivity contribution >= 4 is 12.4 Å². The molecule has 2 heteroatoms. The number of aryl methyl sites for hydroxylation is 1. The average Bonchev–Trinajstić information content (AvgIpc) is 2.47. The number of hydrogen-bond acceptors (Lipinski definition) is 2. The predicted molar refractivity (Wildman–Crippen MR) is 76.2 cm³/mol. The van der Waals surface area contributed by atoms with Crippen LogP contribution in [0.1, 0.15) is 11.1 Å². The van der Waals surface area contributed by atoms with Crippen molar-refractivity contribution in [2.75, 3.05) is 6.61 Å². The Bertz CT molecular complexity index is 651. The van der Waals surface area contributed by atoms with Crippen LogP contribution in [0.5, 0.6) is 5.75 Å². The molecule has 0 atom stereocenters. The Hall–Kier alpha value is -2.35. The van der Waals surface area contributed by atoms with E-state index < -0.39 is 0 Å². The van der Waals surface area contributed by atoms with E-state index in [1.165, 1.54) is 11.1 Å². The maximum Gasteiger partial charge on any atom is 0.149 e. The summed E-state index contributed by atoms with van der Waals surface area (Å²) in [4.78, 5) is 10.7. The van der Waals surface area contributed by atoms with E-state index in [0.29, 0.717) is 12.2 Å². The molecule has 1 heterocycles. The third-order valence-electron chi connectivity index (χ3n) is 3.29. The molecule has 0 amide bonds. The molecular formula is C17H14O2. The zero-order chi connectivity index (χ0) is 13.2. The molecule has 0 saturated carbocycles. The number of hydrogen-bond donors (Lipinski definition) is 0. The standard InChI is InChI=1S/C17H14O2/c1-12-2-4-14(5-3-12)15-6-7-16-8-13(10-18)11-19-17(16)9-15/h2-10H,11H2,1H3. The van der Waals surface area contributed by atoms with Crippen LogP contribution in [0.4, 0.5) is 0 Å². The van der Waals surface area contributed by atoms with Gasteiger partial charge in [0, 0.05) is 11.1 Å². The maximum atomic E-state index is 10.7. The second-order valence-electron chi connectivity index (χ2n) is 4.74. The van der Waals surface area contributed by atoms with Crippen LogP contribution < -0.4 is 4.74 Å². The molecule has 3 rings (SSSR count). The molecule has 0 N–H and O–H groups in total. The van der Waals surface area contributed by atoms with Crippen molar-refractivity contribution in [1.29, 1.82) is 0 Å². The maximum absolute atomic E-state index is 10.7. The largest absolute Gasteiger partial charge is 0.488 e. The summed E-state index contributed by atoms with van der Waals surface area (Å²) in [7, 11) is 0. The van der Waals surface area contributed by atoms with Gasteiger partial charge in [0.2, 0.25) is 0 Å². The molecule has 94 valence electrons. The van der Waals surface area contributed by atoms with E-state index in [1.807, 2.05) is 18.2 Å². The van der Waals surface area contributed by atoms with Crippen LogP contribution in [0.3, 0.4) is 0 Å². The number of carbonyl (C=O) groups is 1. The van der Waals surface area contributed by atoms with E-state index in [0.717, 1.165) is 23.2 Å². The minimum Gasteiger partial charge on any atom is -0.488 e. The van der Waals surface area contributed by atoms with Gasteiger partial charge in [-0.05, 0) is 30.2 Å². The van der Waals surface area contributed by atoms with E-state index in [2.05, 4.69) is 37.3 Å². The summed E-state index contributed by atoms with van der Waals surface area (Å²) >= 11 is 0. The van der Waals surface area contributed by atoms with Gasteiger partial charge in [-0.1, -0.05) is 42.0 Å². The molecule has 1 aliphatic heterocycles. The molecule has 2 aromatic rings. The van der Waals surface area contributed by atoms with Gasteiger partial charge in [0.05, 0.1) is 0 Å². The number of ether oxygens (including phenoxy) is 1. The van der Waals surface area contributed by atoms with Crippen molar-refractivity contribution < 1.29 is 9.53 Å². The Morgan fingerprint density at radius 3 is 2.53 bits per heavy atom. The lowest BCUT2D eigenvalue weighted by Crippen LogP contribution is -2.07. The molecule has 0 spiro atoms. The van der Waals surface area contributed by atoms with Crippen molar-refractivity contribution in [1.82, 2.24) is 0 Å². The summed E-state index contributed by atoms with van der Waals surface area (Å²) in [5.41, 5.74) is 5.18. The first kappa shape index (κ1) is 11.7.